The van der Waals surface area contributed by atoms with Crippen LogP contribution in [-0.2, 0) is 0 Å². The minimum atomic E-state index is 0.396. The molecule has 1 N–H and O–H groups in total. The molecule has 0 spiro atoms. The van der Waals surface area contributed by atoms with Crippen LogP contribution in [0.25, 0.3) is 12.2 Å². The average Bonchev–Trinajstić information content (AvgIpc) is 2.44. The van der Waals surface area contributed by atoms with E-state index in [-0.39, 0.29) is 0 Å². The lowest BCUT2D eigenvalue weighted by Gasteiger charge is -2.14. The molecule has 0 heterocycles. The number of phenols is 1. The maximum atomic E-state index is 10.3. The van der Waals surface area contributed by atoms with Gasteiger partial charge in [-0.2, -0.15) is 0 Å². The molecular weight excluding hydrogens is 232 g/mol. The fourth-order valence-electron chi connectivity index (χ4n) is 2.27. The molecule has 1 heteroatoms. The molecule has 19 heavy (non-hydrogen) atoms. The molecule has 0 unspecified atom stereocenters. The van der Waals surface area contributed by atoms with Crippen LogP contribution in [-0.4, -0.2) is 5.11 Å². The summed E-state index contributed by atoms with van der Waals surface area (Å²) < 4.78 is 0. The molecule has 0 amide bonds. The van der Waals surface area contributed by atoms with Crippen molar-refractivity contribution in [1.29, 1.82) is 0 Å². The molecule has 0 saturated heterocycles. The van der Waals surface area contributed by atoms with Gasteiger partial charge in [0.15, 0.2) is 0 Å². The maximum Gasteiger partial charge on any atom is 0.126 e. The van der Waals surface area contributed by atoms with Gasteiger partial charge >= 0.3 is 0 Å². The van der Waals surface area contributed by atoms with Crippen LogP contribution in [0.4, 0.5) is 0 Å². The summed E-state index contributed by atoms with van der Waals surface area (Å²) in [5, 5.41) is 10.3. The highest BCUT2D eigenvalue weighted by Crippen LogP contribution is 2.33. The first-order chi connectivity index (χ1) is 9.02. The maximum absolute atomic E-state index is 10.3. The number of hydrogen-bond donors (Lipinski definition) is 1. The Morgan fingerprint density at radius 2 is 1.32 bits per heavy atom. The topological polar surface area (TPSA) is 20.2 Å². The molecule has 2 rings (SSSR count). The fraction of sp³-hybridized carbons (Fsp3) is 0.222. The monoisotopic (exact) mass is 252 g/mol. The van der Waals surface area contributed by atoms with E-state index in [9.17, 15) is 5.11 Å². The van der Waals surface area contributed by atoms with E-state index in [4.69, 9.17) is 0 Å². The summed E-state index contributed by atoms with van der Waals surface area (Å²) in [5.41, 5.74) is 6.60. The van der Waals surface area contributed by atoms with E-state index < -0.39 is 0 Å². The van der Waals surface area contributed by atoms with Gasteiger partial charge in [-0.25, -0.2) is 0 Å². The molecule has 0 aliphatic heterocycles. The lowest BCUT2D eigenvalue weighted by molar-refractivity contribution is 0.468. The van der Waals surface area contributed by atoms with Gasteiger partial charge in [-0.1, -0.05) is 42.5 Å². The van der Waals surface area contributed by atoms with Crippen LogP contribution in [0.3, 0.4) is 0 Å². The summed E-state index contributed by atoms with van der Waals surface area (Å²) >= 11 is 0. The minimum absolute atomic E-state index is 0.396. The molecule has 0 saturated carbocycles. The second-order valence-corrected chi connectivity index (χ2v) is 5.01. The van der Waals surface area contributed by atoms with Crippen molar-refractivity contribution in [2.24, 2.45) is 0 Å². The van der Waals surface area contributed by atoms with Gasteiger partial charge in [0.25, 0.3) is 0 Å². The predicted molar refractivity (Wildman–Crippen MR) is 82.4 cm³/mol. The van der Waals surface area contributed by atoms with E-state index in [0.29, 0.717) is 5.75 Å². The van der Waals surface area contributed by atoms with E-state index in [1.165, 1.54) is 11.1 Å². The summed E-state index contributed by atoms with van der Waals surface area (Å²) in [6, 6.07) is 10.1. The highest BCUT2D eigenvalue weighted by atomic mass is 16.3. The van der Waals surface area contributed by atoms with Crippen molar-refractivity contribution in [3.05, 3.63) is 63.7 Å². The van der Waals surface area contributed by atoms with Crippen LogP contribution in [0, 0.1) is 27.7 Å². The Labute approximate surface area is 115 Å². The number of phenolic OH excluding ortho intramolecular Hbond substituents is 1. The normalized spacial score (nSPS) is 11.2. The van der Waals surface area contributed by atoms with Crippen molar-refractivity contribution in [1.82, 2.24) is 0 Å². The Balaban J connectivity index is 2.50. The molecular formula is C18H20O. The zero-order valence-electron chi connectivity index (χ0n) is 12.0. The van der Waals surface area contributed by atoms with Crippen LogP contribution in [0.5, 0.6) is 5.75 Å². The van der Waals surface area contributed by atoms with Crippen molar-refractivity contribution < 1.29 is 5.11 Å². The molecule has 2 aromatic carbocycles. The van der Waals surface area contributed by atoms with Crippen LogP contribution in [0.15, 0.2) is 30.3 Å². The third kappa shape index (κ3) is 2.55. The van der Waals surface area contributed by atoms with Crippen LogP contribution < -0.4 is 0 Å². The van der Waals surface area contributed by atoms with Crippen molar-refractivity contribution in [2.45, 2.75) is 27.7 Å². The Morgan fingerprint density at radius 1 is 0.737 bits per heavy atom. The van der Waals surface area contributed by atoms with Crippen LogP contribution in [0.2, 0.25) is 0 Å². The average molecular weight is 252 g/mol. The largest absolute Gasteiger partial charge is 0.507 e. The second-order valence-electron chi connectivity index (χ2n) is 5.01. The van der Waals surface area contributed by atoms with Crippen molar-refractivity contribution in [2.75, 3.05) is 0 Å². The van der Waals surface area contributed by atoms with Gasteiger partial charge in [0.05, 0.1) is 0 Å². The SMILES string of the molecule is Cc1c(C)c(C)c(/C=C/c2ccccc2)c(O)c1C. The first-order valence-electron chi connectivity index (χ1n) is 6.54. The number of rotatable bonds is 2. The van der Waals surface area contributed by atoms with E-state index in [1.54, 1.807) is 0 Å². The van der Waals surface area contributed by atoms with Gasteiger partial charge in [0.2, 0.25) is 0 Å². The number of aromatic hydroxyl groups is 1. The Kier molecular flexibility index (Phi) is 3.75. The van der Waals surface area contributed by atoms with Gasteiger partial charge in [-0.15, -0.1) is 0 Å². The van der Waals surface area contributed by atoms with Crippen molar-refractivity contribution in [3.8, 4) is 5.75 Å². The summed E-state index contributed by atoms with van der Waals surface area (Å²) in [6.45, 7) is 8.20. The molecule has 0 aromatic heterocycles. The number of hydrogen-bond acceptors (Lipinski definition) is 1. The minimum Gasteiger partial charge on any atom is -0.507 e. The molecule has 1 nitrogen and oxygen atoms in total. The van der Waals surface area contributed by atoms with Crippen molar-refractivity contribution >= 4 is 12.2 Å². The van der Waals surface area contributed by atoms with E-state index >= 15 is 0 Å². The molecule has 0 radical (unpaired) electrons. The highest BCUT2D eigenvalue weighted by Gasteiger charge is 2.12. The standard InChI is InChI=1S/C18H20O/c1-12-13(2)15(4)18(19)17(14(12)3)11-10-16-8-6-5-7-9-16/h5-11,19H,1-4H3/b11-10+. The van der Waals surface area contributed by atoms with Crippen LogP contribution >= 0.6 is 0 Å². The zero-order chi connectivity index (χ0) is 14.0. The summed E-state index contributed by atoms with van der Waals surface area (Å²) in [5.74, 6) is 0.396. The van der Waals surface area contributed by atoms with Gasteiger partial charge in [-0.3, -0.25) is 0 Å². The smallest absolute Gasteiger partial charge is 0.126 e. The van der Waals surface area contributed by atoms with Gasteiger partial charge in [-0.05, 0) is 55.5 Å². The molecule has 2 aromatic rings. The molecule has 98 valence electrons. The molecule has 0 bridgehead atoms. The predicted octanol–water partition coefficient (Wildman–Crippen LogP) is 4.80. The summed E-state index contributed by atoms with van der Waals surface area (Å²) in [6.07, 6.45) is 4.04. The quantitative estimate of drug-likeness (QED) is 0.761. The van der Waals surface area contributed by atoms with E-state index in [0.717, 1.165) is 22.3 Å². The van der Waals surface area contributed by atoms with E-state index in [1.807, 2.05) is 37.3 Å². The Hall–Kier alpha value is -2.02. The number of benzene rings is 2. The van der Waals surface area contributed by atoms with Gasteiger partial charge in [0, 0.05) is 5.56 Å². The Morgan fingerprint density at radius 3 is 1.95 bits per heavy atom. The van der Waals surface area contributed by atoms with Gasteiger partial charge in [0.1, 0.15) is 5.75 Å². The summed E-state index contributed by atoms with van der Waals surface area (Å²) in [7, 11) is 0. The third-order valence-electron chi connectivity index (χ3n) is 3.94. The van der Waals surface area contributed by atoms with Crippen LogP contribution in [0.1, 0.15) is 33.4 Å². The Bertz CT molecular complexity index is 593. The molecule has 0 aliphatic rings. The third-order valence-corrected chi connectivity index (χ3v) is 3.94. The molecule has 0 aliphatic carbocycles. The first kappa shape index (κ1) is 13.4. The molecule has 0 fully saturated rings. The lowest BCUT2D eigenvalue weighted by Crippen LogP contribution is -1.95. The van der Waals surface area contributed by atoms with E-state index in [2.05, 4.69) is 32.9 Å². The second kappa shape index (κ2) is 5.31. The zero-order valence-corrected chi connectivity index (χ0v) is 12.0. The van der Waals surface area contributed by atoms with Gasteiger partial charge < -0.3 is 5.11 Å². The summed E-state index contributed by atoms with van der Waals surface area (Å²) in [4.78, 5) is 0. The highest BCUT2D eigenvalue weighted by molar-refractivity contribution is 5.76. The first-order valence-corrected chi connectivity index (χ1v) is 6.54. The van der Waals surface area contributed by atoms with Crippen molar-refractivity contribution in [3.63, 3.8) is 0 Å². The fourth-order valence-corrected chi connectivity index (χ4v) is 2.27. The lowest BCUT2D eigenvalue weighted by atomic mass is 9.93. The molecule has 0 atom stereocenters.